The average molecular weight is 121 g/mol. The molecular formula is C3H15NSi2. The number of hydrogen-bond acceptors (Lipinski definition) is 1. The molecule has 0 bridgehead atoms. The third kappa shape index (κ3) is 8.83. The third-order valence-corrected chi connectivity index (χ3v) is 1.46. The Morgan fingerprint density at radius 1 is 1.83 bits per heavy atom. The first-order valence-electron chi connectivity index (χ1n) is 2.03. The molecule has 0 aliphatic heterocycles. The standard InChI is InChI=1S/C3H11NSi.H4Si/c1-2-3(4)5;/h3H,2,4H2,1,5H3;1H4. The SMILES string of the molecule is CCC(N)[SiH3].[SiH4]. The fourth-order valence-corrected chi connectivity index (χ4v) is 0. The van der Waals surface area contributed by atoms with Gasteiger partial charge in [-0.25, -0.2) is 0 Å². The fraction of sp³-hybridized carbons (Fsp3) is 1.00. The maximum atomic E-state index is 5.35. The number of hydrogen-bond donors (Lipinski definition) is 1. The molecule has 0 aromatic carbocycles. The Labute approximate surface area is 46.8 Å². The molecule has 0 aliphatic rings. The van der Waals surface area contributed by atoms with Crippen LogP contribution in [0.15, 0.2) is 0 Å². The lowest BCUT2D eigenvalue weighted by molar-refractivity contribution is 0.856. The Balaban J connectivity index is 0. The normalized spacial score (nSPS) is 13.0. The van der Waals surface area contributed by atoms with E-state index in [0.717, 1.165) is 16.7 Å². The smallest absolute Gasteiger partial charge is 0.0238 e. The number of rotatable bonds is 1. The summed E-state index contributed by atoms with van der Waals surface area (Å²) in [5.41, 5.74) is 5.88. The van der Waals surface area contributed by atoms with Gasteiger partial charge in [0.25, 0.3) is 0 Å². The predicted octanol–water partition coefficient (Wildman–Crippen LogP) is -2.41. The second kappa shape index (κ2) is 5.39. The first-order chi connectivity index (χ1) is 2.27. The Hall–Kier alpha value is 0.394. The summed E-state index contributed by atoms with van der Waals surface area (Å²) in [7, 11) is 1.15. The van der Waals surface area contributed by atoms with Crippen LogP contribution in [0.3, 0.4) is 0 Å². The van der Waals surface area contributed by atoms with Gasteiger partial charge in [-0.05, 0) is 23.1 Å². The monoisotopic (exact) mass is 121 g/mol. The molecule has 0 spiro atoms. The van der Waals surface area contributed by atoms with Crippen LogP contribution in [0.1, 0.15) is 13.3 Å². The van der Waals surface area contributed by atoms with E-state index in [9.17, 15) is 0 Å². The van der Waals surface area contributed by atoms with Crippen molar-refractivity contribution in [2.75, 3.05) is 0 Å². The zero-order valence-corrected chi connectivity index (χ0v) is 5.86. The summed E-state index contributed by atoms with van der Waals surface area (Å²) in [6.45, 7) is 2.11. The molecule has 0 saturated heterocycles. The highest BCUT2D eigenvalue weighted by molar-refractivity contribution is 6.11. The minimum atomic E-state index is 0. The van der Waals surface area contributed by atoms with Crippen LogP contribution in [-0.2, 0) is 0 Å². The maximum Gasteiger partial charge on any atom is 0.0238 e. The Bertz CT molecular complexity index is 22.8. The van der Waals surface area contributed by atoms with E-state index in [4.69, 9.17) is 5.73 Å². The molecule has 0 rings (SSSR count). The molecule has 3 heteroatoms. The summed E-state index contributed by atoms with van der Waals surface area (Å²) in [4.78, 5) is 0. The van der Waals surface area contributed by atoms with Gasteiger partial charge in [-0.1, -0.05) is 6.92 Å². The molecule has 2 N–H and O–H groups in total. The molecule has 1 unspecified atom stereocenters. The first-order valence-corrected chi connectivity index (χ1v) is 3.18. The van der Waals surface area contributed by atoms with Crippen LogP contribution in [-0.4, -0.2) is 26.9 Å². The van der Waals surface area contributed by atoms with Crippen molar-refractivity contribution in [2.45, 2.75) is 19.0 Å². The summed E-state index contributed by atoms with van der Waals surface area (Å²) in [5, 5.41) is 0. The van der Waals surface area contributed by atoms with Crippen LogP contribution < -0.4 is 5.73 Å². The van der Waals surface area contributed by atoms with E-state index in [0.29, 0.717) is 5.67 Å². The lowest BCUT2D eigenvalue weighted by Gasteiger charge is -1.91. The van der Waals surface area contributed by atoms with Gasteiger partial charge in [0.15, 0.2) is 0 Å². The van der Waals surface area contributed by atoms with E-state index < -0.39 is 0 Å². The lowest BCUT2D eigenvalue weighted by atomic mass is 10.5. The third-order valence-electron chi connectivity index (χ3n) is 0.644. The summed E-state index contributed by atoms with van der Waals surface area (Å²) in [6, 6.07) is 0. The van der Waals surface area contributed by atoms with Crippen LogP contribution in [0.25, 0.3) is 0 Å². The van der Waals surface area contributed by atoms with Crippen LogP contribution >= 0.6 is 0 Å². The van der Waals surface area contributed by atoms with Crippen molar-refractivity contribution < 1.29 is 0 Å². The molecular weight excluding hydrogens is 106 g/mol. The minimum Gasteiger partial charge on any atom is -0.331 e. The minimum absolute atomic E-state index is 0. The average Bonchev–Trinajstić information content (AvgIpc) is 1.38. The van der Waals surface area contributed by atoms with Gasteiger partial charge in [-0.15, -0.1) is 0 Å². The van der Waals surface area contributed by atoms with E-state index in [1.165, 1.54) is 0 Å². The van der Waals surface area contributed by atoms with Gasteiger partial charge < -0.3 is 5.73 Å². The Morgan fingerprint density at radius 3 is 2.00 bits per heavy atom. The van der Waals surface area contributed by atoms with Crippen molar-refractivity contribution in [2.24, 2.45) is 5.73 Å². The maximum absolute atomic E-state index is 5.35. The van der Waals surface area contributed by atoms with Crippen molar-refractivity contribution in [1.29, 1.82) is 0 Å². The van der Waals surface area contributed by atoms with Gasteiger partial charge in [-0.2, -0.15) is 0 Å². The molecule has 0 amide bonds. The van der Waals surface area contributed by atoms with Crippen LogP contribution in [0.4, 0.5) is 0 Å². The summed E-state index contributed by atoms with van der Waals surface area (Å²) < 4.78 is 0. The first kappa shape index (κ1) is 9.64. The molecule has 0 aromatic rings. The van der Waals surface area contributed by atoms with Crippen molar-refractivity contribution >= 4 is 21.2 Å². The van der Waals surface area contributed by atoms with E-state index in [1.54, 1.807) is 0 Å². The van der Waals surface area contributed by atoms with Gasteiger partial charge in [0.1, 0.15) is 0 Å². The Morgan fingerprint density at radius 2 is 2.00 bits per heavy atom. The molecule has 0 heterocycles. The zero-order chi connectivity index (χ0) is 4.28. The fourth-order valence-electron chi connectivity index (χ4n) is 0. The molecule has 6 heavy (non-hydrogen) atoms. The Kier molecular flexibility index (Phi) is 8.66. The summed E-state index contributed by atoms with van der Waals surface area (Å²) in [6.07, 6.45) is 1.15. The molecule has 1 atom stereocenters. The van der Waals surface area contributed by atoms with Crippen molar-refractivity contribution in [3.63, 3.8) is 0 Å². The van der Waals surface area contributed by atoms with Gasteiger partial charge in [-0.3, -0.25) is 0 Å². The van der Waals surface area contributed by atoms with E-state index >= 15 is 0 Å². The van der Waals surface area contributed by atoms with Crippen LogP contribution in [0, 0.1) is 0 Å². The van der Waals surface area contributed by atoms with E-state index in [1.807, 2.05) is 0 Å². The molecule has 0 radical (unpaired) electrons. The van der Waals surface area contributed by atoms with E-state index in [-0.39, 0.29) is 11.0 Å². The summed E-state index contributed by atoms with van der Waals surface area (Å²) >= 11 is 0. The largest absolute Gasteiger partial charge is 0.331 e. The van der Waals surface area contributed by atoms with Crippen molar-refractivity contribution in [1.82, 2.24) is 0 Å². The molecule has 0 saturated carbocycles. The van der Waals surface area contributed by atoms with Crippen LogP contribution in [0.2, 0.25) is 0 Å². The highest BCUT2D eigenvalue weighted by Gasteiger charge is 1.79. The molecule has 1 nitrogen and oxygen atoms in total. The van der Waals surface area contributed by atoms with Gasteiger partial charge in [0.2, 0.25) is 0 Å². The van der Waals surface area contributed by atoms with Crippen LogP contribution in [0.5, 0.6) is 0 Å². The molecule has 0 aliphatic carbocycles. The highest BCUT2D eigenvalue weighted by Crippen LogP contribution is 1.71. The van der Waals surface area contributed by atoms with Gasteiger partial charge in [0, 0.05) is 10.2 Å². The van der Waals surface area contributed by atoms with Gasteiger partial charge in [0.05, 0.1) is 0 Å². The zero-order valence-electron chi connectivity index (χ0n) is 3.86. The van der Waals surface area contributed by atoms with Crippen molar-refractivity contribution in [3.8, 4) is 0 Å². The molecule has 0 fully saturated rings. The number of nitrogens with two attached hydrogens (primary N) is 1. The second-order valence-corrected chi connectivity index (χ2v) is 2.87. The summed E-state index contributed by atoms with van der Waals surface area (Å²) in [5.74, 6) is 0. The lowest BCUT2D eigenvalue weighted by Crippen LogP contribution is -2.17. The quantitative estimate of drug-likeness (QED) is 0.385. The molecule has 0 aromatic heterocycles. The van der Waals surface area contributed by atoms with Gasteiger partial charge >= 0.3 is 0 Å². The second-order valence-electron chi connectivity index (χ2n) is 1.39. The topological polar surface area (TPSA) is 26.0 Å². The van der Waals surface area contributed by atoms with Crippen molar-refractivity contribution in [3.05, 3.63) is 0 Å². The highest BCUT2D eigenvalue weighted by atomic mass is 28.1. The molecule has 40 valence electrons. The van der Waals surface area contributed by atoms with E-state index in [2.05, 4.69) is 6.92 Å². The predicted molar refractivity (Wildman–Crippen MR) is 39.5 cm³/mol.